The molecule has 0 atom stereocenters. The molecule has 1 aliphatic rings. The number of fused-ring (bicyclic) bond motifs is 3. The molecule has 0 saturated carbocycles. The van der Waals surface area contributed by atoms with Crippen molar-refractivity contribution in [3.8, 4) is 11.5 Å². The van der Waals surface area contributed by atoms with E-state index in [2.05, 4.69) is 12.6 Å². The minimum Gasteiger partial charge on any atom is -0.485 e. The molecule has 0 saturated heterocycles. The van der Waals surface area contributed by atoms with Crippen LogP contribution in [0.1, 0.15) is 0 Å². The van der Waals surface area contributed by atoms with Crippen LogP contribution in [0.25, 0.3) is 10.8 Å². The fourth-order valence-electron chi connectivity index (χ4n) is 1.88. The third-order valence-corrected chi connectivity index (χ3v) is 2.70. The highest BCUT2D eigenvalue weighted by Gasteiger charge is 2.14. The van der Waals surface area contributed by atoms with Crippen molar-refractivity contribution < 1.29 is 9.47 Å². The Morgan fingerprint density at radius 3 is 2.69 bits per heavy atom. The second-order valence-corrected chi connectivity index (χ2v) is 3.94. The van der Waals surface area contributed by atoms with Crippen molar-refractivity contribution in [2.45, 2.75) is 0 Å². The third kappa shape index (κ3) is 1.43. The van der Waals surface area contributed by atoms with Crippen molar-refractivity contribution >= 4 is 10.8 Å². The Kier molecular flexibility index (Phi) is 2.07. The highest BCUT2D eigenvalue weighted by Crippen LogP contribution is 2.37. The highest BCUT2D eigenvalue weighted by atomic mass is 16.5. The molecule has 1 heterocycles. The van der Waals surface area contributed by atoms with Gasteiger partial charge in [-0.05, 0) is 17.0 Å². The molecule has 0 N–H and O–H groups in total. The molecule has 3 rings (SSSR count). The molecule has 0 aliphatic carbocycles. The molecule has 16 heavy (non-hydrogen) atoms. The largest absolute Gasteiger partial charge is 0.485 e. The maximum Gasteiger partial charge on any atom is 0.169 e. The van der Waals surface area contributed by atoms with E-state index in [0.717, 1.165) is 27.8 Å². The molecule has 2 nitrogen and oxygen atoms in total. The van der Waals surface area contributed by atoms with Crippen LogP contribution < -0.4 is 9.47 Å². The van der Waals surface area contributed by atoms with Gasteiger partial charge in [-0.15, -0.1) is 0 Å². The van der Waals surface area contributed by atoms with Crippen molar-refractivity contribution in [3.63, 3.8) is 0 Å². The molecule has 0 fully saturated rings. The van der Waals surface area contributed by atoms with Crippen LogP contribution in [0.3, 0.4) is 0 Å². The van der Waals surface area contributed by atoms with Crippen molar-refractivity contribution in [1.82, 2.24) is 0 Å². The van der Waals surface area contributed by atoms with E-state index in [9.17, 15) is 0 Å². The second-order valence-electron chi connectivity index (χ2n) is 3.94. The van der Waals surface area contributed by atoms with Crippen LogP contribution in [0.5, 0.6) is 11.5 Å². The zero-order valence-electron chi connectivity index (χ0n) is 8.90. The average Bonchev–Trinajstić information content (AvgIpc) is 2.52. The van der Waals surface area contributed by atoms with E-state index in [1.54, 1.807) is 0 Å². The van der Waals surface area contributed by atoms with Crippen LogP contribution >= 0.6 is 0 Å². The normalized spacial score (nSPS) is 14.9. The number of ether oxygens (including phenoxy) is 2. The summed E-state index contributed by atoms with van der Waals surface area (Å²) >= 11 is 0. The maximum absolute atomic E-state index is 5.75. The van der Waals surface area contributed by atoms with Gasteiger partial charge in [-0.1, -0.05) is 36.9 Å². The molecule has 2 aromatic carbocycles. The van der Waals surface area contributed by atoms with E-state index in [4.69, 9.17) is 9.47 Å². The zero-order valence-corrected chi connectivity index (χ0v) is 8.90. The van der Waals surface area contributed by atoms with E-state index in [0.29, 0.717) is 13.2 Å². The van der Waals surface area contributed by atoms with E-state index in [-0.39, 0.29) is 0 Å². The van der Waals surface area contributed by atoms with Gasteiger partial charge in [0.25, 0.3) is 0 Å². The van der Waals surface area contributed by atoms with Crippen LogP contribution in [0.15, 0.2) is 48.6 Å². The molecule has 0 amide bonds. The summed E-state index contributed by atoms with van der Waals surface area (Å²) in [6.45, 7) is 4.95. The predicted molar refractivity (Wildman–Crippen MR) is 64.1 cm³/mol. The van der Waals surface area contributed by atoms with Crippen LogP contribution in [-0.4, -0.2) is 13.2 Å². The lowest BCUT2D eigenvalue weighted by Crippen LogP contribution is -2.02. The molecule has 0 unspecified atom stereocenters. The smallest absolute Gasteiger partial charge is 0.169 e. The fraction of sp³-hybridized carbons (Fsp3) is 0.143. The standard InChI is InChI=1S/C14H12O2/c1-10-8-15-13-7-6-11-4-2-3-5-12(11)14(13)16-9-10/h2-7H,1,8-9H2. The van der Waals surface area contributed by atoms with Gasteiger partial charge in [-0.3, -0.25) is 0 Å². The van der Waals surface area contributed by atoms with E-state index < -0.39 is 0 Å². The summed E-state index contributed by atoms with van der Waals surface area (Å²) in [5.41, 5.74) is 0.959. The van der Waals surface area contributed by atoms with Gasteiger partial charge < -0.3 is 9.47 Å². The number of benzene rings is 2. The van der Waals surface area contributed by atoms with E-state index >= 15 is 0 Å². The number of hydrogen-bond donors (Lipinski definition) is 0. The minimum absolute atomic E-state index is 0.529. The quantitative estimate of drug-likeness (QED) is 0.624. The van der Waals surface area contributed by atoms with Crippen LogP contribution in [0.2, 0.25) is 0 Å². The second kappa shape index (κ2) is 3.56. The minimum atomic E-state index is 0.529. The monoisotopic (exact) mass is 212 g/mol. The summed E-state index contributed by atoms with van der Waals surface area (Å²) in [6, 6.07) is 12.1. The summed E-state index contributed by atoms with van der Waals surface area (Å²) in [6.07, 6.45) is 0. The first-order valence-electron chi connectivity index (χ1n) is 5.28. The molecule has 1 aliphatic heterocycles. The van der Waals surface area contributed by atoms with Crippen LogP contribution in [0.4, 0.5) is 0 Å². The first kappa shape index (κ1) is 9.28. The molecule has 2 aromatic rings. The van der Waals surface area contributed by atoms with Crippen molar-refractivity contribution in [3.05, 3.63) is 48.6 Å². The first-order chi connectivity index (χ1) is 7.84. The topological polar surface area (TPSA) is 18.5 Å². The Hall–Kier alpha value is -1.96. The summed E-state index contributed by atoms with van der Waals surface area (Å²) < 4.78 is 11.4. The predicted octanol–water partition coefficient (Wildman–Crippen LogP) is 3.17. The Morgan fingerprint density at radius 1 is 0.938 bits per heavy atom. The lowest BCUT2D eigenvalue weighted by molar-refractivity contribution is 0.357. The molecule has 80 valence electrons. The van der Waals surface area contributed by atoms with Gasteiger partial charge >= 0.3 is 0 Å². The molecule has 2 heteroatoms. The van der Waals surface area contributed by atoms with Gasteiger partial charge in [0.05, 0.1) is 0 Å². The lowest BCUT2D eigenvalue weighted by atomic mass is 10.1. The van der Waals surface area contributed by atoms with Gasteiger partial charge in [-0.2, -0.15) is 0 Å². The molecule has 0 bridgehead atoms. The molecule has 0 spiro atoms. The van der Waals surface area contributed by atoms with Crippen LogP contribution in [-0.2, 0) is 0 Å². The lowest BCUT2D eigenvalue weighted by Gasteiger charge is -2.09. The van der Waals surface area contributed by atoms with E-state index in [1.165, 1.54) is 0 Å². The van der Waals surface area contributed by atoms with Gasteiger partial charge in [0.15, 0.2) is 11.5 Å². The maximum atomic E-state index is 5.75. The summed E-state index contributed by atoms with van der Waals surface area (Å²) in [7, 11) is 0. The van der Waals surface area contributed by atoms with Crippen molar-refractivity contribution in [2.75, 3.05) is 13.2 Å². The summed E-state index contributed by atoms with van der Waals surface area (Å²) in [4.78, 5) is 0. The zero-order chi connectivity index (χ0) is 11.0. The van der Waals surface area contributed by atoms with Gasteiger partial charge in [0.1, 0.15) is 13.2 Å². The Morgan fingerprint density at radius 2 is 1.75 bits per heavy atom. The summed E-state index contributed by atoms with van der Waals surface area (Å²) in [5.74, 6) is 1.63. The molecule has 0 aromatic heterocycles. The fourth-order valence-corrected chi connectivity index (χ4v) is 1.88. The van der Waals surface area contributed by atoms with Crippen molar-refractivity contribution in [2.24, 2.45) is 0 Å². The molecular formula is C14H12O2. The first-order valence-corrected chi connectivity index (χ1v) is 5.28. The Bertz CT molecular complexity index is 558. The average molecular weight is 212 g/mol. The Labute approximate surface area is 94.1 Å². The SMILES string of the molecule is C=C1COc2ccc3ccccc3c2OC1. The van der Waals surface area contributed by atoms with Crippen LogP contribution in [0, 0.1) is 0 Å². The van der Waals surface area contributed by atoms with Gasteiger partial charge in [-0.25, -0.2) is 0 Å². The van der Waals surface area contributed by atoms with Crippen molar-refractivity contribution in [1.29, 1.82) is 0 Å². The van der Waals surface area contributed by atoms with Gasteiger partial charge in [0, 0.05) is 5.39 Å². The third-order valence-electron chi connectivity index (χ3n) is 2.70. The highest BCUT2D eigenvalue weighted by molar-refractivity contribution is 5.90. The van der Waals surface area contributed by atoms with Gasteiger partial charge in [0.2, 0.25) is 0 Å². The Balaban J connectivity index is 2.22. The molecular weight excluding hydrogens is 200 g/mol. The number of hydrogen-bond acceptors (Lipinski definition) is 2. The molecule has 0 radical (unpaired) electrons. The number of rotatable bonds is 0. The summed E-state index contributed by atoms with van der Waals surface area (Å²) in [5, 5.41) is 2.26. The van der Waals surface area contributed by atoms with E-state index in [1.807, 2.05) is 30.3 Å².